The summed E-state index contributed by atoms with van der Waals surface area (Å²) in [4.78, 5) is 0. The first-order valence-electron chi connectivity index (χ1n) is 5.39. The maximum absolute atomic E-state index is 5.87. The van der Waals surface area contributed by atoms with Crippen LogP contribution in [0.1, 0.15) is 48.5 Å². The Morgan fingerprint density at radius 2 is 1.40 bits per heavy atom. The molecule has 0 atom stereocenters. The summed E-state index contributed by atoms with van der Waals surface area (Å²) in [7, 11) is -0.485. The summed E-state index contributed by atoms with van der Waals surface area (Å²) in [5.74, 6) is 0. The SMILES string of the molecule is [CH2]C(C)(C)CO[SiH2]C(C)(C)C(C)(C)C.[LiH]. The zero-order valence-electron chi connectivity index (χ0n) is 11.0. The fourth-order valence-corrected chi connectivity index (χ4v) is 2.40. The van der Waals surface area contributed by atoms with Crippen LogP contribution in [0.3, 0.4) is 0 Å². The summed E-state index contributed by atoms with van der Waals surface area (Å²) >= 11 is 0. The van der Waals surface area contributed by atoms with E-state index in [2.05, 4.69) is 55.4 Å². The van der Waals surface area contributed by atoms with Crippen LogP contribution in [0.15, 0.2) is 0 Å². The topological polar surface area (TPSA) is 9.23 Å². The number of hydrogen-bond donors (Lipinski definition) is 0. The Morgan fingerprint density at radius 3 is 1.67 bits per heavy atom. The van der Waals surface area contributed by atoms with Gasteiger partial charge in [-0.3, -0.25) is 0 Å². The number of hydrogen-bond acceptors (Lipinski definition) is 1. The molecule has 1 nitrogen and oxygen atoms in total. The monoisotopic (exact) mass is 223 g/mol. The van der Waals surface area contributed by atoms with E-state index in [1.807, 2.05) is 0 Å². The first-order valence-corrected chi connectivity index (χ1v) is 6.67. The third-order valence-electron chi connectivity index (χ3n) is 2.99. The molecule has 0 heterocycles. The van der Waals surface area contributed by atoms with E-state index in [9.17, 15) is 0 Å². The number of rotatable bonds is 4. The fraction of sp³-hybridized carbons (Fsp3) is 0.917. The van der Waals surface area contributed by atoms with Crippen LogP contribution in [0.4, 0.5) is 0 Å². The Balaban J connectivity index is 0. The van der Waals surface area contributed by atoms with E-state index in [0.717, 1.165) is 6.61 Å². The van der Waals surface area contributed by atoms with Crippen molar-refractivity contribution in [1.82, 2.24) is 0 Å². The Kier molecular flexibility index (Phi) is 7.15. The summed E-state index contributed by atoms with van der Waals surface area (Å²) in [5.41, 5.74) is 0.394. The molecule has 0 aliphatic carbocycles. The van der Waals surface area contributed by atoms with Crippen molar-refractivity contribution in [3.63, 3.8) is 0 Å². The van der Waals surface area contributed by atoms with Gasteiger partial charge in [-0.25, -0.2) is 0 Å². The molecule has 0 saturated heterocycles. The Bertz CT molecular complexity index is 177. The van der Waals surface area contributed by atoms with Crippen molar-refractivity contribution in [2.75, 3.05) is 6.61 Å². The van der Waals surface area contributed by atoms with Crippen molar-refractivity contribution in [2.45, 2.75) is 53.5 Å². The standard InChI is InChI=1S/C12H27OSi.Li.H/c1-10(2,3)9-13-14-12(7,8)11(4,5)6;;/h1,9,14H2,2-8H3;;. The molecule has 87 valence electrons. The molecule has 0 rings (SSSR count). The van der Waals surface area contributed by atoms with Gasteiger partial charge in [0.15, 0.2) is 9.76 Å². The van der Waals surface area contributed by atoms with Crippen molar-refractivity contribution in [3.05, 3.63) is 6.92 Å². The van der Waals surface area contributed by atoms with Gasteiger partial charge in [0.2, 0.25) is 0 Å². The molecule has 0 bridgehead atoms. The summed E-state index contributed by atoms with van der Waals surface area (Å²) in [6, 6.07) is 0. The molecule has 0 N–H and O–H groups in total. The summed E-state index contributed by atoms with van der Waals surface area (Å²) in [5, 5.41) is 0.345. The van der Waals surface area contributed by atoms with E-state index in [1.165, 1.54) is 0 Å². The van der Waals surface area contributed by atoms with Gasteiger partial charge >= 0.3 is 18.9 Å². The molecule has 0 aromatic carbocycles. The van der Waals surface area contributed by atoms with Gasteiger partial charge in [-0.1, -0.05) is 48.5 Å². The molecule has 0 fully saturated rings. The third-order valence-corrected chi connectivity index (χ3v) is 5.18. The van der Waals surface area contributed by atoms with Crippen LogP contribution < -0.4 is 0 Å². The van der Waals surface area contributed by atoms with Gasteiger partial charge in [0, 0.05) is 6.61 Å². The van der Waals surface area contributed by atoms with E-state index in [4.69, 9.17) is 4.43 Å². The van der Waals surface area contributed by atoms with E-state index >= 15 is 0 Å². The first-order chi connectivity index (χ1) is 5.96. The first kappa shape index (κ1) is 18.1. The molecule has 15 heavy (non-hydrogen) atoms. The minimum atomic E-state index is -0.485. The Labute approximate surface area is 111 Å². The molecule has 3 heteroatoms. The second kappa shape index (κ2) is 5.91. The van der Waals surface area contributed by atoms with Crippen molar-refractivity contribution >= 4 is 28.6 Å². The summed E-state index contributed by atoms with van der Waals surface area (Å²) < 4.78 is 5.87. The van der Waals surface area contributed by atoms with Gasteiger partial charge in [0.1, 0.15) is 0 Å². The second-order valence-electron chi connectivity index (χ2n) is 6.79. The van der Waals surface area contributed by atoms with Gasteiger partial charge in [0.25, 0.3) is 0 Å². The van der Waals surface area contributed by atoms with Gasteiger partial charge in [0.05, 0.1) is 0 Å². The van der Waals surface area contributed by atoms with Gasteiger partial charge < -0.3 is 4.43 Å². The fourth-order valence-electron chi connectivity index (χ4n) is 0.799. The minimum absolute atomic E-state index is 0. The summed E-state index contributed by atoms with van der Waals surface area (Å²) in [6.45, 7) is 20.6. The molecule has 1 radical (unpaired) electrons. The van der Waals surface area contributed by atoms with E-state index in [1.54, 1.807) is 0 Å². The quantitative estimate of drug-likeness (QED) is 0.666. The van der Waals surface area contributed by atoms with E-state index < -0.39 is 9.76 Å². The molecule has 0 amide bonds. The average Bonchev–Trinajstić information content (AvgIpc) is 1.80. The molecule has 0 spiro atoms. The predicted molar refractivity (Wildman–Crippen MR) is 74.3 cm³/mol. The van der Waals surface area contributed by atoms with Crippen molar-refractivity contribution in [2.24, 2.45) is 10.8 Å². The third kappa shape index (κ3) is 7.63. The van der Waals surface area contributed by atoms with E-state index in [0.29, 0.717) is 10.5 Å². The normalized spacial score (nSPS) is 14.4. The van der Waals surface area contributed by atoms with Crippen LogP contribution >= 0.6 is 0 Å². The van der Waals surface area contributed by atoms with Crippen molar-refractivity contribution in [1.29, 1.82) is 0 Å². The van der Waals surface area contributed by atoms with Crippen LogP contribution in [-0.4, -0.2) is 35.2 Å². The Hall–Kier alpha value is 0.774. The zero-order valence-corrected chi connectivity index (χ0v) is 12.4. The maximum atomic E-state index is 5.87. The molecule has 0 aliphatic rings. The summed E-state index contributed by atoms with van der Waals surface area (Å²) in [6.07, 6.45) is 0. The molecule has 0 aromatic heterocycles. The molecule has 0 aliphatic heterocycles. The zero-order chi connectivity index (χ0) is 11.6. The van der Waals surface area contributed by atoms with E-state index in [-0.39, 0.29) is 24.3 Å². The van der Waals surface area contributed by atoms with Crippen molar-refractivity contribution < 1.29 is 4.43 Å². The molecular formula is C12H28LiOSi. The van der Waals surface area contributed by atoms with Gasteiger partial charge in [-0.2, -0.15) is 0 Å². The van der Waals surface area contributed by atoms with Crippen LogP contribution in [0.2, 0.25) is 5.04 Å². The van der Waals surface area contributed by atoms with Crippen molar-refractivity contribution in [3.8, 4) is 0 Å². The van der Waals surface area contributed by atoms with Crippen LogP contribution in [-0.2, 0) is 4.43 Å². The molecular weight excluding hydrogens is 195 g/mol. The van der Waals surface area contributed by atoms with Crippen LogP contribution in [0.5, 0.6) is 0 Å². The van der Waals surface area contributed by atoms with Gasteiger partial charge in [-0.05, 0) is 22.8 Å². The van der Waals surface area contributed by atoms with Crippen LogP contribution in [0, 0.1) is 17.8 Å². The molecule has 0 saturated carbocycles. The van der Waals surface area contributed by atoms with Crippen LogP contribution in [0.25, 0.3) is 0 Å². The Morgan fingerprint density at radius 1 is 1.00 bits per heavy atom. The second-order valence-corrected chi connectivity index (χ2v) is 9.26. The molecule has 0 aromatic rings. The predicted octanol–water partition coefficient (Wildman–Crippen LogP) is 2.54. The van der Waals surface area contributed by atoms with Gasteiger partial charge in [-0.15, -0.1) is 0 Å². The molecule has 0 unspecified atom stereocenters. The average molecular weight is 223 g/mol.